The number of nitrogens with one attached hydrogen (secondary N) is 2. The van der Waals surface area contributed by atoms with Crippen molar-refractivity contribution in [1.82, 2.24) is 9.97 Å². The van der Waals surface area contributed by atoms with Crippen LogP contribution in [0.5, 0.6) is 0 Å². The first-order valence-electron chi connectivity index (χ1n) is 6.39. The summed E-state index contributed by atoms with van der Waals surface area (Å²) in [5, 5.41) is 41.4. The maximum atomic E-state index is 11.7. The maximum absolute atomic E-state index is 11.7. The Bertz CT molecular complexity index is 582. The van der Waals surface area contributed by atoms with Gasteiger partial charge in [-0.2, -0.15) is 0 Å². The molecular weight excluding hydrogens is 316 g/mol. The summed E-state index contributed by atoms with van der Waals surface area (Å²) in [6.07, 6.45) is -5.08. The second-order valence-electron chi connectivity index (χ2n) is 4.73. The number of nitrogens with two attached hydrogens (primary N) is 1. The lowest BCUT2D eigenvalue weighted by Gasteiger charge is -2.40. The number of hydrogen-bond acceptors (Lipinski definition) is 10. The molecule has 0 radical (unpaired) electrons. The number of rotatable bonds is 4. The van der Waals surface area contributed by atoms with Crippen LogP contribution in [0.2, 0.25) is 0 Å². The molecule has 5 atom stereocenters. The summed E-state index contributed by atoms with van der Waals surface area (Å²) in [6, 6.07) is 0. The highest BCUT2D eigenvalue weighted by Gasteiger charge is 2.43. The topological polar surface area (TPSA) is 174 Å². The van der Waals surface area contributed by atoms with Crippen LogP contribution in [0.15, 0.2) is 9.95 Å². The SMILES string of the molecule is CSc1nc(N[C@H]2O[C@@H](CO)[C@@H](O)[C@@H](O)[C@@H]2O)c(N)c(=O)[nH]1. The smallest absolute Gasteiger partial charge is 0.276 e. The van der Waals surface area contributed by atoms with Crippen molar-refractivity contribution in [3.05, 3.63) is 10.4 Å². The Morgan fingerprint density at radius 3 is 2.64 bits per heavy atom. The van der Waals surface area contributed by atoms with E-state index in [1.54, 1.807) is 6.26 Å². The minimum absolute atomic E-state index is 0.0302. The molecule has 0 spiro atoms. The zero-order chi connectivity index (χ0) is 16.4. The van der Waals surface area contributed by atoms with E-state index in [9.17, 15) is 20.1 Å². The molecule has 22 heavy (non-hydrogen) atoms. The van der Waals surface area contributed by atoms with Gasteiger partial charge in [0.15, 0.2) is 17.2 Å². The van der Waals surface area contributed by atoms with Gasteiger partial charge in [-0.3, -0.25) is 9.78 Å². The molecule has 2 heterocycles. The molecule has 1 fully saturated rings. The third-order valence-electron chi connectivity index (χ3n) is 3.30. The molecule has 11 heteroatoms. The van der Waals surface area contributed by atoms with Gasteiger partial charge in [-0.15, -0.1) is 0 Å². The number of thioether (sulfide) groups is 1. The highest BCUT2D eigenvalue weighted by Crippen LogP contribution is 2.24. The molecule has 1 aromatic rings. The predicted octanol–water partition coefficient (Wildman–Crippen LogP) is -2.71. The number of ether oxygens (including phenoxy) is 1. The summed E-state index contributed by atoms with van der Waals surface area (Å²) in [5.41, 5.74) is 4.84. The Morgan fingerprint density at radius 2 is 2.05 bits per heavy atom. The first-order valence-corrected chi connectivity index (χ1v) is 7.62. The van der Waals surface area contributed by atoms with E-state index in [0.29, 0.717) is 5.16 Å². The van der Waals surface area contributed by atoms with Gasteiger partial charge < -0.3 is 36.2 Å². The molecule has 124 valence electrons. The van der Waals surface area contributed by atoms with Crippen molar-refractivity contribution in [2.45, 2.75) is 35.8 Å². The minimum Gasteiger partial charge on any atom is -0.394 e. The minimum atomic E-state index is -1.54. The standard InChI is InChI=1S/C11H18N4O6S/c1-22-11-14-8(4(12)9(20)15-11)13-10-7(19)6(18)5(17)3(2-16)21-10/h3,5-7,10,16-19H,2,12H2,1H3,(H2,13,14,15,20)/t3-,5+,6+,7-,10-/m0/s1. The van der Waals surface area contributed by atoms with E-state index >= 15 is 0 Å². The second kappa shape index (κ2) is 6.81. The summed E-state index contributed by atoms with van der Waals surface area (Å²) >= 11 is 1.18. The average Bonchev–Trinajstić information content (AvgIpc) is 2.51. The molecule has 0 aliphatic carbocycles. The molecule has 10 nitrogen and oxygen atoms in total. The number of nitrogens with zero attached hydrogens (tertiary/aromatic N) is 1. The van der Waals surface area contributed by atoms with Crippen LogP contribution in [0, 0.1) is 0 Å². The zero-order valence-electron chi connectivity index (χ0n) is 11.6. The number of hydrogen-bond donors (Lipinski definition) is 7. The number of aliphatic hydroxyl groups excluding tert-OH is 4. The molecule has 1 aromatic heterocycles. The number of aromatic nitrogens is 2. The van der Waals surface area contributed by atoms with E-state index in [-0.39, 0.29) is 11.5 Å². The van der Waals surface area contributed by atoms with Crippen molar-refractivity contribution in [1.29, 1.82) is 0 Å². The van der Waals surface area contributed by atoms with E-state index < -0.39 is 42.8 Å². The molecule has 0 aromatic carbocycles. The van der Waals surface area contributed by atoms with E-state index in [1.165, 1.54) is 11.8 Å². The number of aromatic amines is 1. The van der Waals surface area contributed by atoms with Gasteiger partial charge in [-0.05, 0) is 6.26 Å². The van der Waals surface area contributed by atoms with Gasteiger partial charge in [-0.1, -0.05) is 11.8 Å². The third kappa shape index (κ3) is 3.19. The zero-order valence-corrected chi connectivity index (χ0v) is 12.4. The Kier molecular flexibility index (Phi) is 5.26. The van der Waals surface area contributed by atoms with Gasteiger partial charge >= 0.3 is 0 Å². The van der Waals surface area contributed by atoms with Crippen molar-refractivity contribution in [2.24, 2.45) is 0 Å². The van der Waals surface area contributed by atoms with Gasteiger partial charge in [0.05, 0.1) is 6.61 Å². The second-order valence-corrected chi connectivity index (χ2v) is 5.53. The first-order chi connectivity index (χ1) is 10.4. The molecule has 2 rings (SSSR count). The Labute approximate surface area is 129 Å². The van der Waals surface area contributed by atoms with Gasteiger partial charge in [0.25, 0.3) is 5.56 Å². The summed E-state index contributed by atoms with van der Waals surface area (Å²) in [4.78, 5) is 18.2. The van der Waals surface area contributed by atoms with Crippen molar-refractivity contribution in [3.8, 4) is 0 Å². The van der Waals surface area contributed by atoms with Crippen LogP contribution < -0.4 is 16.6 Å². The Balaban J connectivity index is 2.26. The summed E-state index contributed by atoms with van der Waals surface area (Å²) < 4.78 is 5.27. The quantitative estimate of drug-likeness (QED) is 0.226. The Morgan fingerprint density at radius 1 is 1.36 bits per heavy atom. The van der Waals surface area contributed by atoms with Gasteiger partial charge in [0.1, 0.15) is 30.1 Å². The third-order valence-corrected chi connectivity index (χ3v) is 3.88. The van der Waals surface area contributed by atoms with E-state index in [4.69, 9.17) is 15.6 Å². The lowest BCUT2D eigenvalue weighted by molar-refractivity contribution is -0.221. The average molecular weight is 334 g/mol. The summed E-state index contributed by atoms with van der Waals surface area (Å²) in [5.74, 6) is -0.0302. The van der Waals surface area contributed by atoms with Crippen molar-refractivity contribution in [3.63, 3.8) is 0 Å². The maximum Gasteiger partial charge on any atom is 0.276 e. The number of nitrogen functional groups attached to an aromatic ring is 1. The molecule has 0 amide bonds. The van der Waals surface area contributed by atoms with Crippen LogP contribution >= 0.6 is 11.8 Å². The summed E-state index contributed by atoms with van der Waals surface area (Å²) in [7, 11) is 0. The van der Waals surface area contributed by atoms with Crippen LogP contribution in [0.3, 0.4) is 0 Å². The van der Waals surface area contributed by atoms with Crippen molar-refractivity contribution < 1.29 is 25.2 Å². The normalized spacial score (nSPS) is 32.0. The first kappa shape index (κ1) is 17.0. The summed E-state index contributed by atoms with van der Waals surface area (Å²) in [6.45, 7) is -0.558. The van der Waals surface area contributed by atoms with Gasteiger partial charge in [-0.25, -0.2) is 4.98 Å². The number of H-pyrrole nitrogens is 1. The van der Waals surface area contributed by atoms with Crippen LogP contribution in [0.1, 0.15) is 0 Å². The highest BCUT2D eigenvalue weighted by atomic mass is 32.2. The Hall–Kier alpha value is -1.37. The van der Waals surface area contributed by atoms with E-state index in [2.05, 4.69) is 15.3 Å². The molecule has 1 saturated heterocycles. The number of aliphatic hydroxyl groups is 4. The fourth-order valence-corrected chi connectivity index (χ4v) is 2.40. The van der Waals surface area contributed by atoms with Crippen LogP contribution in [-0.2, 0) is 4.74 Å². The van der Waals surface area contributed by atoms with Crippen molar-refractivity contribution in [2.75, 3.05) is 23.9 Å². The monoisotopic (exact) mass is 334 g/mol. The fourth-order valence-electron chi connectivity index (χ4n) is 2.02. The fraction of sp³-hybridized carbons (Fsp3) is 0.636. The van der Waals surface area contributed by atoms with E-state index in [1.807, 2.05) is 0 Å². The molecular formula is C11H18N4O6S. The predicted molar refractivity (Wildman–Crippen MR) is 78.4 cm³/mol. The van der Waals surface area contributed by atoms with E-state index in [0.717, 1.165) is 0 Å². The highest BCUT2D eigenvalue weighted by molar-refractivity contribution is 7.98. The van der Waals surface area contributed by atoms with Crippen LogP contribution in [0.25, 0.3) is 0 Å². The van der Waals surface area contributed by atoms with Crippen LogP contribution in [0.4, 0.5) is 11.5 Å². The van der Waals surface area contributed by atoms with Gasteiger partial charge in [0.2, 0.25) is 0 Å². The molecule has 0 bridgehead atoms. The van der Waals surface area contributed by atoms with Crippen molar-refractivity contribution >= 4 is 23.3 Å². The lowest BCUT2D eigenvalue weighted by Crippen LogP contribution is -2.60. The molecule has 0 saturated carbocycles. The molecule has 0 unspecified atom stereocenters. The lowest BCUT2D eigenvalue weighted by atomic mass is 9.98. The largest absolute Gasteiger partial charge is 0.394 e. The molecule has 1 aliphatic heterocycles. The molecule has 8 N–H and O–H groups in total. The number of anilines is 2. The van der Waals surface area contributed by atoms with Gasteiger partial charge in [0, 0.05) is 0 Å². The van der Waals surface area contributed by atoms with Crippen LogP contribution in [-0.4, -0.2) is 73.9 Å². The molecule has 1 aliphatic rings.